The van der Waals surface area contributed by atoms with Gasteiger partial charge in [0.15, 0.2) is 0 Å². The predicted octanol–water partition coefficient (Wildman–Crippen LogP) is -3.65. The van der Waals surface area contributed by atoms with Gasteiger partial charge in [-0.3, -0.25) is 19.2 Å². The SMILES string of the molecule is CCOC(=O)Cn1c2c(c3ccccc31)CC(C(=O)O)CC2.CCOC(=O)Cn1c2c(c3ccccc31)CC(C(=O)O)CC2.O=C([O-])[O-].[Cs+].[Cs+]. The van der Waals surface area contributed by atoms with Crippen molar-refractivity contribution in [3.8, 4) is 0 Å². The molecule has 0 radical (unpaired) electrons. The molecule has 0 spiro atoms. The summed E-state index contributed by atoms with van der Waals surface area (Å²) in [7, 11) is 0. The van der Waals surface area contributed by atoms with Crippen LogP contribution in [-0.2, 0) is 67.4 Å². The number of fused-ring (bicyclic) bond motifs is 6. The van der Waals surface area contributed by atoms with Gasteiger partial charge in [-0.15, -0.1) is 0 Å². The van der Waals surface area contributed by atoms with Crippen molar-refractivity contribution in [2.24, 2.45) is 11.8 Å². The second-order valence-electron chi connectivity index (χ2n) is 11.5. The largest absolute Gasteiger partial charge is 1.00 e. The Morgan fingerprint density at radius 1 is 0.680 bits per heavy atom. The number of para-hydroxylation sites is 2. The third-order valence-corrected chi connectivity index (χ3v) is 8.63. The molecule has 2 heterocycles. The van der Waals surface area contributed by atoms with E-state index in [2.05, 4.69) is 0 Å². The van der Waals surface area contributed by atoms with Gasteiger partial charge in [-0.25, -0.2) is 0 Å². The van der Waals surface area contributed by atoms with Crippen molar-refractivity contribution in [2.75, 3.05) is 13.2 Å². The van der Waals surface area contributed by atoms with E-state index in [0.29, 0.717) is 51.7 Å². The average Bonchev–Trinajstić information content (AvgIpc) is 3.53. The molecule has 256 valence electrons. The van der Waals surface area contributed by atoms with Crippen molar-refractivity contribution in [1.82, 2.24) is 9.13 Å². The van der Waals surface area contributed by atoms with Crippen molar-refractivity contribution >= 4 is 51.8 Å². The summed E-state index contributed by atoms with van der Waals surface area (Å²) >= 11 is 0. The molecular weight excluding hydrogens is 890 g/mol. The summed E-state index contributed by atoms with van der Waals surface area (Å²) in [6.07, 6.45) is 1.31. The van der Waals surface area contributed by atoms with Crippen LogP contribution in [0.5, 0.6) is 0 Å². The van der Waals surface area contributed by atoms with Crippen LogP contribution in [0.3, 0.4) is 0 Å². The molecule has 6 rings (SSSR count). The van der Waals surface area contributed by atoms with Crippen LogP contribution in [-0.4, -0.2) is 62.6 Å². The van der Waals surface area contributed by atoms with E-state index in [9.17, 15) is 29.4 Å². The molecule has 2 aliphatic rings. The van der Waals surface area contributed by atoms with Crippen LogP contribution >= 0.6 is 0 Å². The van der Waals surface area contributed by atoms with E-state index in [1.807, 2.05) is 57.7 Å². The Kier molecular flexibility index (Phi) is 19.3. The van der Waals surface area contributed by atoms with Gasteiger partial charge in [-0.05, 0) is 81.8 Å². The average molecular weight is 929 g/mol. The summed E-state index contributed by atoms with van der Waals surface area (Å²) in [6, 6.07) is 15.7. The number of hydrogen-bond donors (Lipinski definition) is 2. The maximum atomic E-state index is 11.9. The van der Waals surface area contributed by atoms with Crippen LogP contribution in [0.4, 0.5) is 4.79 Å². The molecule has 2 atom stereocenters. The van der Waals surface area contributed by atoms with E-state index in [0.717, 1.165) is 44.3 Å². The Hall–Kier alpha value is -1.23. The zero-order valence-corrected chi connectivity index (χ0v) is 41.4. The molecule has 2 N–H and O–H groups in total. The summed E-state index contributed by atoms with van der Waals surface area (Å²) in [5, 5.41) is 37.3. The quantitative estimate of drug-likeness (QED) is 0.165. The number of esters is 2. The number of benzene rings is 2. The molecule has 0 aliphatic heterocycles. The minimum absolute atomic E-state index is 0. The van der Waals surface area contributed by atoms with Crippen molar-refractivity contribution in [2.45, 2.75) is 65.5 Å². The Balaban J connectivity index is 0.000000303. The molecule has 2 unspecified atom stereocenters. The number of aliphatic carboxylic acids is 2. The smallest absolute Gasteiger partial charge is 0.652 e. The third-order valence-electron chi connectivity index (χ3n) is 8.63. The van der Waals surface area contributed by atoms with Gasteiger partial charge < -0.3 is 43.8 Å². The zero-order chi connectivity index (χ0) is 35.0. The Bertz CT molecular complexity index is 1700. The monoisotopic (exact) mass is 928 g/mol. The second-order valence-corrected chi connectivity index (χ2v) is 11.5. The number of aromatic nitrogens is 2. The number of ether oxygens (including phenoxy) is 2. The second kappa shape index (κ2) is 21.5. The van der Waals surface area contributed by atoms with Crippen LogP contribution in [0.25, 0.3) is 21.8 Å². The first kappa shape index (κ1) is 44.9. The molecule has 2 aliphatic carbocycles. The van der Waals surface area contributed by atoms with Gasteiger partial charge in [0.25, 0.3) is 0 Å². The summed E-state index contributed by atoms with van der Waals surface area (Å²) in [5.74, 6) is -2.68. The summed E-state index contributed by atoms with van der Waals surface area (Å²) < 4.78 is 14.1. The van der Waals surface area contributed by atoms with E-state index in [-0.39, 0.29) is 175 Å². The fourth-order valence-corrected chi connectivity index (χ4v) is 6.66. The van der Waals surface area contributed by atoms with Crippen LogP contribution in [0.15, 0.2) is 48.5 Å². The van der Waals surface area contributed by atoms with Gasteiger partial charge >= 0.3 is 162 Å². The Morgan fingerprint density at radius 2 is 1.02 bits per heavy atom. The predicted molar refractivity (Wildman–Crippen MR) is 169 cm³/mol. The first-order valence-electron chi connectivity index (χ1n) is 15.8. The van der Waals surface area contributed by atoms with Gasteiger partial charge in [0.05, 0.1) is 25.0 Å². The maximum absolute atomic E-state index is 11.9. The molecule has 0 saturated heterocycles. The van der Waals surface area contributed by atoms with Crippen LogP contribution < -0.4 is 148 Å². The standard InChI is InChI=1S/2C17H19NO4.CH2O3.2Cs/c2*1-2-22-16(19)10-18-14-6-4-3-5-12(14)13-9-11(17(20)21)7-8-15(13)18;2-1(3)4;;/h2*3-6,11H,2,7-10H2,1H3,(H,20,21);(H2,2,3,4);;/q;;;2*+1/p-2. The molecular formula is C35H38Cs2N2O11. The van der Waals surface area contributed by atoms with E-state index >= 15 is 0 Å². The molecule has 50 heavy (non-hydrogen) atoms. The molecule has 15 heteroatoms. The van der Waals surface area contributed by atoms with Gasteiger partial charge in [0.1, 0.15) is 13.1 Å². The van der Waals surface area contributed by atoms with Crippen molar-refractivity contribution < 1.29 is 192 Å². The van der Waals surface area contributed by atoms with Crippen molar-refractivity contribution in [1.29, 1.82) is 0 Å². The molecule has 0 bridgehead atoms. The number of carboxylic acids is 2. The number of carboxylic acid groups (broad SMARTS) is 4. The number of nitrogens with zero attached hydrogens (tertiary/aromatic N) is 2. The summed E-state index contributed by atoms with van der Waals surface area (Å²) in [6.45, 7) is 4.67. The summed E-state index contributed by atoms with van der Waals surface area (Å²) in [4.78, 5) is 54.7. The third kappa shape index (κ3) is 11.4. The van der Waals surface area contributed by atoms with E-state index < -0.39 is 18.1 Å². The van der Waals surface area contributed by atoms with Gasteiger partial charge in [-0.1, -0.05) is 36.4 Å². The van der Waals surface area contributed by atoms with Gasteiger partial charge in [0, 0.05) is 33.2 Å². The molecule has 2 aromatic carbocycles. The topological polar surface area (TPSA) is 200 Å². The van der Waals surface area contributed by atoms with E-state index in [1.54, 1.807) is 13.8 Å². The number of rotatable bonds is 8. The van der Waals surface area contributed by atoms with Gasteiger partial charge in [0.2, 0.25) is 0 Å². The fraction of sp³-hybridized carbons (Fsp3) is 0.400. The van der Waals surface area contributed by atoms with Crippen LogP contribution in [0.1, 0.15) is 49.2 Å². The Morgan fingerprint density at radius 3 is 1.34 bits per heavy atom. The minimum atomic E-state index is -2.33. The molecule has 0 amide bonds. The zero-order valence-electron chi connectivity index (χ0n) is 28.8. The van der Waals surface area contributed by atoms with Gasteiger partial charge in [-0.2, -0.15) is 0 Å². The van der Waals surface area contributed by atoms with E-state index in [1.165, 1.54) is 0 Å². The number of carbonyl (C=O) groups excluding carboxylic acids is 3. The van der Waals surface area contributed by atoms with Crippen molar-refractivity contribution in [3.63, 3.8) is 0 Å². The van der Waals surface area contributed by atoms with E-state index in [4.69, 9.17) is 24.5 Å². The summed E-state index contributed by atoms with van der Waals surface area (Å²) in [5.41, 5.74) is 6.24. The van der Waals surface area contributed by atoms with Crippen LogP contribution in [0, 0.1) is 11.8 Å². The molecule has 0 saturated carbocycles. The first-order valence-corrected chi connectivity index (χ1v) is 15.8. The molecule has 13 nitrogen and oxygen atoms in total. The first-order chi connectivity index (χ1) is 23.0. The minimum Gasteiger partial charge on any atom is -0.652 e. The maximum Gasteiger partial charge on any atom is 1.00 e. The Labute approximate surface area is 406 Å². The van der Waals surface area contributed by atoms with Crippen LogP contribution in [0.2, 0.25) is 0 Å². The molecule has 0 fully saturated rings. The number of hydrogen-bond acceptors (Lipinski definition) is 9. The number of carbonyl (C=O) groups is 5. The fourth-order valence-electron chi connectivity index (χ4n) is 6.66. The van der Waals surface area contributed by atoms with Crippen molar-refractivity contribution in [3.05, 3.63) is 71.0 Å². The molecule has 2 aromatic heterocycles. The normalized spacial score (nSPS) is 15.6. The molecule has 4 aromatic rings.